The molecule has 0 aromatic rings. The Balaban J connectivity index is 2.63. The number of hydrogen-bond donors (Lipinski definition) is 2. The number of nitrogens with zero attached hydrogens (tertiary/aromatic N) is 1. The van der Waals surface area contributed by atoms with E-state index in [2.05, 4.69) is 5.32 Å². The fourth-order valence-corrected chi connectivity index (χ4v) is 1.83. The minimum Gasteiger partial charge on any atom is -0.481 e. The molecule has 0 aromatic carbocycles. The van der Waals surface area contributed by atoms with Gasteiger partial charge in [-0.15, -0.1) is 0 Å². The summed E-state index contributed by atoms with van der Waals surface area (Å²) in [6, 6.07) is -0.396. The molecule has 0 aliphatic carbocycles. The van der Waals surface area contributed by atoms with E-state index in [-0.39, 0.29) is 18.4 Å². The predicted molar refractivity (Wildman–Crippen MR) is 55.5 cm³/mol. The first-order chi connectivity index (χ1) is 7.06. The molecule has 1 fully saturated rings. The summed E-state index contributed by atoms with van der Waals surface area (Å²) in [5.74, 6) is -1.02. The molecule has 0 spiro atoms. The molecule has 86 valence electrons. The highest BCUT2D eigenvalue weighted by Crippen LogP contribution is 2.11. The third-order valence-electron chi connectivity index (χ3n) is 2.62. The molecule has 5 nitrogen and oxygen atoms in total. The van der Waals surface area contributed by atoms with Gasteiger partial charge in [0.15, 0.2) is 0 Å². The predicted octanol–water partition coefficient (Wildman–Crippen LogP) is 0.0600. The fourth-order valence-electron chi connectivity index (χ4n) is 1.83. The van der Waals surface area contributed by atoms with Gasteiger partial charge in [-0.2, -0.15) is 0 Å². The zero-order valence-electron chi connectivity index (χ0n) is 9.19. The number of carbonyl (C=O) groups is 2. The molecular formula is C10H18N2O3. The lowest BCUT2D eigenvalue weighted by molar-refractivity contribution is -0.145. The normalized spacial score (nSPS) is 26.8. The van der Waals surface area contributed by atoms with Crippen LogP contribution >= 0.6 is 0 Å². The number of piperazine rings is 1. The van der Waals surface area contributed by atoms with Gasteiger partial charge in [0, 0.05) is 19.1 Å². The van der Waals surface area contributed by atoms with E-state index in [9.17, 15) is 9.59 Å². The minimum atomic E-state index is -0.938. The molecule has 1 aliphatic heterocycles. The van der Waals surface area contributed by atoms with Crippen LogP contribution < -0.4 is 5.32 Å². The van der Waals surface area contributed by atoms with Crippen molar-refractivity contribution in [1.29, 1.82) is 0 Å². The molecular weight excluding hydrogens is 196 g/mol. The van der Waals surface area contributed by atoms with Gasteiger partial charge < -0.3 is 15.3 Å². The summed E-state index contributed by atoms with van der Waals surface area (Å²) in [5.41, 5.74) is 0. The van der Waals surface area contributed by atoms with Crippen molar-refractivity contribution in [3.63, 3.8) is 0 Å². The van der Waals surface area contributed by atoms with Gasteiger partial charge >= 0.3 is 5.97 Å². The van der Waals surface area contributed by atoms with E-state index < -0.39 is 12.0 Å². The van der Waals surface area contributed by atoms with Gasteiger partial charge in [0.05, 0.1) is 12.5 Å². The van der Waals surface area contributed by atoms with E-state index in [0.29, 0.717) is 13.1 Å². The van der Waals surface area contributed by atoms with Gasteiger partial charge in [0.2, 0.25) is 5.91 Å². The highest BCUT2D eigenvalue weighted by molar-refractivity contribution is 5.87. The van der Waals surface area contributed by atoms with Crippen molar-refractivity contribution in [2.45, 2.75) is 38.8 Å². The Kier molecular flexibility index (Phi) is 4.08. The third kappa shape index (κ3) is 2.92. The molecule has 1 saturated heterocycles. The highest BCUT2D eigenvalue weighted by atomic mass is 16.4. The molecule has 2 atom stereocenters. The summed E-state index contributed by atoms with van der Waals surface area (Å²) < 4.78 is 0. The molecule has 2 N–H and O–H groups in total. The first-order valence-corrected chi connectivity index (χ1v) is 5.32. The van der Waals surface area contributed by atoms with Gasteiger partial charge in [0.25, 0.3) is 0 Å². The summed E-state index contributed by atoms with van der Waals surface area (Å²) in [6.07, 6.45) is 0.766. The van der Waals surface area contributed by atoms with Gasteiger partial charge in [-0.3, -0.25) is 9.59 Å². The van der Waals surface area contributed by atoms with Crippen LogP contribution in [0.1, 0.15) is 26.7 Å². The summed E-state index contributed by atoms with van der Waals surface area (Å²) in [5, 5.41) is 11.6. The van der Waals surface area contributed by atoms with E-state index in [1.807, 2.05) is 13.8 Å². The molecule has 15 heavy (non-hydrogen) atoms. The van der Waals surface area contributed by atoms with Gasteiger partial charge in [-0.05, 0) is 13.3 Å². The van der Waals surface area contributed by atoms with Crippen LogP contribution in [0.4, 0.5) is 0 Å². The molecule has 1 rings (SSSR count). The second-order valence-corrected chi connectivity index (χ2v) is 3.94. The number of nitrogens with one attached hydrogen (secondary N) is 1. The van der Waals surface area contributed by atoms with Crippen molar-refractivity contribution in [3.05, 3.63) is 0 Å². The number of rotatable bonds is 4. The highest BCUT2D eigenvalue weighted by Gasteiger charge is 2.33. The van der Waals surface area contributed by atoms with Crippen LogP contribution in [-0.2, 0) is 9.59 Å². The molecule has 1 aliphatic rings. The summed E-state index contributed by atoms with van der Waals surface area (Å²) in [6.45, 7) is 5.35. The molecule has 1 heterocycles. The second kappa shape index (κ2) is 5.11. The maximum Gasteiger partial charge on any atom is 0.305 e. The van der Waals surface area contributed by atoms with Crippen LogP contribution in [0.5, 0.6) is 0 Å². The van der Waals surface area contributed by atoms with Crippen LogP contribution in [0.15, 0.2) is 0 Å². The smallest absolute Gasteiger partial charge is 0.305 e. The number of carboxylic acids is 1. The number of hydrogen-bond acceptors (Lipinski definition) is 3. The monoisotopic (exact) mass is 214 g/mol. The average Bonchev–Trinajstić information content (AvgIpc) is 2.16. The minimum absolute atomic E-state index is 0.0852. The summed E-state index contributed by atoms with van der Waals surface area (Å²) in [4.78, 5) is 24.2. The fraction of sp³-hybridized carbons (Fsp3) is 0.800. The standard InChI is InChI=1S/C10H18N2O3/c1-3-4-12-7(2)6-11-8(10(12)15)5-9(13)14/h7-8,11H,3-6H2,1-2H3,(H,13,14). The molecule has 2 unspecified atom stereocenters. The number of carbonyl (C=O) groups excluding carboxylic acids is 1. The SMILES string of the molecule is CCCN1C(=O)C(CC(=O)O)NCC1C. The van der Waals surface area contributed by atoms with Gasteiger partial charge in [-0.25, -0.2) is 0 Å². The topological polar surface area (TPSA) is 69.6 Å². The summed E-state index contributed by atoms with van der Waals surface area (Å²) in [7, 11) is 0. The Bertz CT molecular complexity index is 255. The molecule has 0 saturated carbocycles. The first-order valence-electron chi connectivity index (χ1n) is 5.32. The molecule has 1 amide bonds. The lowest BCUT2D eigenvalue weighted by atomic mass is 10.1. The van der Waals surface area contributed by atoms with Crippen molar-refractivity contribution in [3.8, 4) is 0 Å². The second-order valence-electron chi connectivity index (χ2n) is 3.94. The van der Waals surface area contributed by atoms with Crippen LogP contribution in [0.25, 0.3) is 0 Å². The third-order valence-corrected chi connectivity index (χ3v) is 2.62. The number of aliphatic carboxylic acids is 1. The lowest BCUT2D eigenvalue weighted by Crippen LogP contribution is -2.59. The zero-order valence-corrected chi connectivity index (χ0v) is 9.19. The van der Waals surface area contributed by atoms with Crippen molar-refractivity contribution in [1.82, 2.24) is 10.2 Å². The maximum atomic E-state index is 11.9. The van der Waals surface area contributed by atoms with Crippen molar-refractivity contribution < 1.29 is 14.7 Å². The first kappa shape index (κ1) is 12.0. The van der Waals surface area contributed by atoms with Crippen LogP contribution in [0, 0.1) is 0 Å². The Morgan fingerprint density at radius 3 is 2.87 bits per heavy atom. The molecule has 0 radical (unpaired) electrons. The van der Waals surface area contributed by atoms with Gasteiger partial charge in [0.1, 0.15) is 0 Å². The van der Waals surface area contributed by atoms with Crippen molar-refractivity contribution in [2.75, 3.05) is 13.1 Å². The molecule has 5 heteroatoms. The van der Waals surface area contributed by atoms with Crippen molar-refractivity contribution in [2.24, 2.45) is 0 Å². The number of amides is 1. The molecule has 0 bridgehead atoms. The van der Waals surface area contributed by atoms with E-state index in [1.165, 1.54) is 0 Å². The van der Waals surface area contributed by atoms with Crippen molar-refractivity contribution >= 4 is 11.9 Å². The Morgan fingerprint density at radius 1 is 1.67 bits per heavy atom. The van der Waals surface area contributed by atoms with Gasteiger partial charge in [-0.1, -0.05) is 6.92 Å². The maximum absolute atomic E-state index is 11.9. The summed E-state index contributed by atoms with van der Waals surface area (Å²) >= 11 is 0. The zero-order chi connectivity index (χ0) is 11.4. The molecule has 0 aromatic heterocycles. The van der Waals surface area contributed by atoms with Crippen LogP contribution in [0.2, 0.25) is 0 Å². The van der Waals surface area contributed by atoms with E-state index >= 15 is 0 Å². The van der Waals surface area contributed by atoms with E-state index in [0.717, 1.165) is 6.42 Å². The van der Waals surface area contributed by atoms with Crippen LogP contribution in [0.3, 0.4) is 0 Å². The quantitative estimate of drug-likeness (QED) is 0.694. The lowest BCUT2D eigenvalue weighted by Gasteiger charge is -2.37. The van der Waals surface area contributed by atoms with E-state index in [1.54, 1.807) is 4.90 Å². The Labute approximate surface area is 89.4 Å². The Hall–Kier alpha value is -1.10. The number of carboxylic acid groups (broad SMARTS) is 1. The Morgan fingerprint density at radius 2 is 2.33 bits per heavy atom. The average molecular weight is 214 g/mol. The van der Waals surface area contributed by atoms with Crippen LogP contribution in [-0.4, -0.2) is 47.1 Å². The largest absolute Gasteiger partial charge is 0.481 e. The van der Waals surface area contributed by atoms with E-state index in [4.69, 9.17) is 5.11 Å².